The zero-order chi connectivity index (χ0) is 38.2. The van der Waals surface area contributed by atoms with E-state index in [1.165, 1.54) is 127 Å². The topological polar surface area (TPSA) is 73.7 Å². The number of fused-ring (bicyclic) bond motifs is 3. The van der Waals surface area contributed by atoms with Crippen LogP contribution in [0, 0.1) is 16.7 Å². The van der Waals surface area contributed by atoms with E-state index >= 15 is 0 Å². The van der Waals surface area contributed by atoms with Crippen LogP contribution in [-0.4, -0.2) is 75.3 Å². The average molecular weight is 790 g/mol. The normalized spacial score (nSPS) is 21.1. The summed E-state index contributed by atoms with van der Waals surface area (Å²) >= 11 is 4.16. The van der Waals surface area contributed by atoms with Crippen LogP contribution < -0.4 is 0 Å². The first-order valence-electron chi connectivity index (χ1n) is 22.7. The van der Waals surface area contributed by atoms with Crippen LogP contribution >= 0.6 is 23.5 Å². The van der Waals surface area contributed by atoms with E-state index in [2.05, 4.69) is 51.8 Å². The molecule has 0 unspecified atom stereocenters. The van der Waals surface area contributed by atoms with Gasteiger partial charge in [0.1, 0.15) is 0 Å². The van der Waals surface area contributed by atoms with Crippen molar-refractivity contribution < 1.29 is 19.1 Å². The third kappa shape index (κ3) is 17.9. The van der Waals surface area contributed by atoms with E-state index in [0.29, 0.717) is 30.6 Å². The SMILES string of the molecule is CCCCCCCCSC(CCC(=O)OCCC1(CCOC(=O)CC23CCC(CC2)CC3)CCN(CCCn2ccnc2)CC1)SCCCCCCCC. The third-order valence-electron chi connectivity index (χ3n) is 13.1. The van der Waals surface area contributed by atoms with Gasteiger partial charge in [-0.2, -0.15) is 0 Å². The number of nitrogens with zero attached hydrogens (tertiary/aromatic N) is 3. The van der Waals surface area contributed by atoms with Gasteiger partial charge in [0.05, 0.1) is 30.5 Å². The molecule has 2 bridgehead atoms. The molecule has 0 spiro atoms. The van der Waals surface area contributed by atoms with Crippen molar-refractivity contribution in [2.75, 3.05) is 44.4 Å². The van der Waals surface area contributed by atoms with Crippen LogP contribution in [0.25, 0.3) is 0 Å². The number of ether oxygens (including phenoxy) is 2. The van der Waals surface area contributed by atoms with Crippen molar-refractivity contribution in [1.29, 1.82) is 0 Å². The van der Waals surface area contributed by atoms with Crippen molar-refractivity contribution in [2.24, 2.45) is 16.7 Å². The molecule has 1 aliphatic heterocycles. The number of imidazole rings is 1. The summed E-state index contributed by atoms with van der Waals surface area (Å²) in [5, 5.41) is 0. The van der Waals surface area contributed by atoms with Crippen molar-refractivity contribution in [3.63, 3.8) is 0 Å². The van der Waals surface area contributed by atoms with Gasteiger partial charge < -0.3 is 18.9 Å². The zero-order valence-corrected chi connectivity index (χ0v) is 36.4. The Hall–Kier alpha value is -1.19. The molecule has 0 N–H and O–H groups in total. The highest BCUT2D eigenvalue weighted by Crippen LogP contribution is 2.52. The van der Waals surface area contributed by atoms with E-state index in [1.54, 1.807) is 0 Å². The monoisotopic (exact) mass is 790 g/mol. The standard InChI is InChI=1S/C45H79N3O4S2/c1-3-5-7-9-11-13-36-53-43(54-37-14-12-10-8-6-4-2)17-16-41(49)51-34-26-44(24-31-47(32-25-44)29-15-30-48-33-28-46-39-48)27-35-52-42(50)38-45-21-18-40(19-22-45)20-23-45/h28,33,39-40,43H,3-27,29-32,34-38H2,1-2H3. The molecule has 310 valence electrons. The number of rotatable bonds is 31. The highest BCUT2D eigenvalue weighted by Gasteiger charge is 2.42. The lowest BCUT2D eigenvalue weighted by Gasteiger charge is -2.46. The highest BCUT2D eigenvalue weighted by molar-refractivity contribution is 8.17. The summed E-state index contributed by atoms with van der Waals surface area (Å²) in [4.78, 5) is 33.0. The third-order valence-corrected chi connectivity index (χ3v) is 16.2. The van der Waals surface area contributed by atoms with Crippen molar-refractivity contribution in [3.8, 4) is 0 Å². The van der Waals surface area contributed by atoms with E-state index in [-0.39, 0.29) is 22.8 Å². The first-order valence-corrected chi connectivity index (χ1v) is 24.8. The predicted molar refractivity (Wildman–Crippen MR) is 229 cm³/mol. The summed E-state index contributed by atoms with van der Waals surface area (Å²) in [5.41, 5.74) is 0.253. The number of carbonyl (C=O) groups excluding carboxylic acids is 2. The maximum atomic E-state index is 13.1. The summed E-state index contributed by atoms with van der Waals surface area (Å²) in [6.07, 6.45) is 36.2. The fraction of sp³-hybridized carbons (Fsp3) is 0.889. The van der Waals surface area contributed by atoms with Crippen LogP contribution in [0.2, 0.25) is 0 Å². The largest absolute Gasteiger partial charge is 0.466 e. The Morgan fingerprint density at radius 2 is 1.31 bits per heavy atom. The molecule has 4 fully saturated rings. The van der Waals surface area contributed by atoms with Crippen molar-refractivity contribution in [2.45, 2.75) is 192 Å². The van der Waals surface area contributed by atoms with Crippen molar-refractivity contribution in [3.05, 3.63) is 18.7 Å². The van der Waals surface area contributed by atoms with Gasteiger partial charge in [0.25, 0.3) is 0 Å². The quantitative estimate of drug-likeness (QED) is 0.0418. The summed E-state index contributed by atoms with van der Waals surface area (Å²) in [5.74, 6) is 3.26. The molecule has 0 radical (unpaired) electrons. The maximum absolute atomic E-state index is 13.1. The molecule has 0 aromatic carbocycles. The molecular weight excluding hydrogens is 711 g/mol. The Morgan fingerprint density at radius 3 is 1.89 bits per heavy atom. The van der Waals surface area contributed by atoms with Gasteiger partial charge in [-0.1, -0.05) is 78.1 Å². The number of unbranched alkanes of at least 4 members (excludes halogenated alkanes) is 10. The second-order valence-corrected chi connectivity index (χ2v) is 20.3. The number of aromatic nitrogens is 2. The van der Waals surface area contributed by atoms with E-state index in [0.717, 1.165) is 70.6 Å². The van der Waals surface area contributed by atoms with Gasteiger partial charge in [-0.25, -0.2) is 4.98 Å². The first kappa shape index (κ1) is 45.5. The second kappa shape index (κ2) is 26.7. The summed E-state index contributed by atoms with van der Waals surface area (Å²) in [6.45, 7) is 9.68. The molecule has 1 saturated heterocycles. The van der Waals surface area contributed by atoms with Crippen molar-refractivity contribution >= 4 is 35.5 Å². The smallest absolute Gasteiger partial charge is 0.306 e. The lowest BCUT2D eigenvalue weighted by atomic mass is 9.59. The van der Waals surface area contributed by atoms with Crippen LogP contribution in [0.15, 0.2) is 18.7 Å². The average Bonchev–Trinajstić information content (AvgIpc) is 3.71. The minimum atomic E-state index is -0.0414. The van der Waals surface area contributed by atoms with Crippen LogP contribution in [-0.2, 0) is 25.6 Å². The number of piperidine rings is 1. The summed E-state index contributed by atoms with van der Waals surface area (Å²) in [6, 6.07) is 0. The molecule has 5 rings (SSSR count). The molecule has 1 aromatic heterocycles. The minimum Gasteiger partial charge on any atom is -0.466 e. The van der Waals surface area contributed by atoms with Gasteiger partial charge in [-0.3, -0.25) is 9.59 Å². The Morgan fingerprint density at radius 1 is 0.741 bits per heavy atom. The lowest BCUT2D eigenvalue weighted by Crippen LogP contribution is -2.42. The van der Waals surface area contributed by atoms with Crippen LogP contribution in [0.3, 0.4) is 0 Å². The number of esters is 2. The Kier molecular flexibility index (Phi) is 22.5. The molecule has 9 heteroatoms. The summed E-state index contributed by atoms with van der Waals surface area (Å²) < 4.78 is 14.6. The van der Waals surface area contributed by atoms with E-state index in [1.807, 2.05) is 18.7 Å². The van der Waals surface area contributed by atoms with E-state index < -0.39 is 0 Å². The molecule has 0 atom stereocenters. The summed E-state index contributed by atoms with van der Waals surface area (Å²) in [7, 11) is 0. The molecule has 54 heavy (non-hydrogen) atoms. The van der Waals surface area contributed by atoms with Gasteiger partial charge in [-0.15, -0.1) is 23.5 Å². The lowest BCUT2D eigenvalue weighted by molar-refractivity contribution is -0.149. The number of thioether (sulfide) groups is 2. The number of aryl methyl sites for hydroxylation is 1. The molecule has 3 aliphatic carbocycles. The Labute approximate surface area is 339 Å². The number of likely N-dealkylation sites (tertiary alicyclic amines) is 1. The van der Waals surface area contributed by atoms with Gasteiger partial charge in [0.15, 0.2) is 0 Å². The maximum Gasteiger partial charge on any atom is 0.306 e. The molecule has 3 saturated carbocycles. The Bertz CT molecular complexity index is 1090. The molecule has 0 amide bonds. The molecule has 1 aromatic rings. The van der Waals surface area contributed by atoms with Crippen LogP contribution in [0.1, 0.15) is 181 Å². The molecule has 4 aliphatic rings. The van der Waals surface area contributed by atoms with E-state index in [4.69, 9.17) is 9.47 Å². The molecular formula is C45H79N3O4S2. The number of carbonyl (C=O) groups is 2. The highest BCUT2D eigenvalue weighted by atomic mass is 32.2. The van der Waals surface area contributed by atoms with Gasteiger partial charge in [0, 0.05) is 25.4 Å². The van der Waals surface area contributed by atoms with Gasteiger partial charge in [-0.05, 0) is 138 Å². The second-order valence-electron chi connectivity index (χ2n) is 17.3. The van der Waals surface area contributed by atoms with E-state index in [9.17, 15) is 9.59 Å². The Balaban J connectivity index is 1.20. The molecule has 2 heterocycles. The minimum absolute atomic E-state index is 0.00662. The van der Waals surface area contributed by atoms with Gasteiger partial charge in [0.2, 0.25) is 0 Å². The van der Waals surface area contributed by atoms with Crippen LogP contribution in [0.5, 0.6) is 0 Å². The number of hydrogen-bond acceptors (Lipinski definition) is 8. The first-order chi connectivity index (χ1) is 26.4. The predicted octanol–water partition coefficient (Wildman–Crippen LogP) is 11.9. The zero-order valence-electron chi connectivity index (χ0n) is 34.7. The van der Waals surface area contributed by atoms with Gasteiger partial charge >= 0.3 is 11.9 Å². The molecule has 7 nitrogen and oxygen atoms in total. The van der Waals surface area contributed by atoms with Crippen LogP contribution in [0.4, 0.5) is 0 Å². The van der Waals surface area contributed by atoms with Crippen molar-refractivity contribution in [1.82, 2.24) is 14.5 Å². The fourth-order valence-corrected chi connectivity index (χ4v) is 12.0. The fourth-order valence-electron chi connectivity index (χ4n) is 9.21. The number of hydrogen-bond donors (Lipinski definition) is 0.